The first-order valence-electron chi connectivity index (χ1n) is 6.10. The van der Waals surface area contributed by atoms with Crippen LogP contribution in [0.25, 0.3) is 11.0 Å². The maximum absolute atomic E-state index is 4.36. The standard InChI is InChI=1S/C13H16N4/c1-16-6-8-17(9-7-16)11-2-3-12-13(10-11)15-5-4-14-12/h2-5,10H,6-9H2,1H3/p+1. The zero-order chi connectivity index (χ0) is 11.7. The van der Waals surface area contributed by atoms with Gasteiger partial charge in [-0.2, -0.15) is 0 Å². The quantitative estimate of drug-likeness (QED) is 0.745. The van der Waals surface area contributed by atoms with Crippen molar-refractivity contribution in [1.29, 1.82) is 0 Å². The number of fused-ring (bicyclic) bond motifs is 1. The van der Waals surface area contributed by atoms with Gasteiger partial charge >= 0.3 is 0 Å². The molecule has 4 nitrogen and oxygen atoms in total. The molecule has 1 N–H and O–H groups in total. The molecule has 17 heavy (non-hydrogen) atoms. The summed E-state index contributed by atoms with van der Waals surface area (Å²) < 4.78 is 0. The normalized spacial score (nSPS) is 17.6. The van der Waals surface area contributed by atoms with E-state index in [4.69, 9.17) is 0 Å². The molecule has 0 saturated carbocycles. The highest BCUT2D eigenvalue weighted by molar-refractivity contribution is 5.78. The summed E-state index contributed by atoms with van der Waals surface area (Å²) in [5, 5.41) is 0. The fourth-order valence-electron chi connectivity index (χ4n) is 2.30. The van der Waals surface area contributed by atoms with Gasteiger partial charge in [-0.3, -0.25) is 9.97 Å². The summed E-state index contributed by atoms with van der Waals surface area (Å²) in [6, 6.07) is 6.35. The number of anilines is 1. The monoisotopic (exact) mass is 229 g/mol. The van der Waals surface area contributed by atoms with E-state index in [1.165, 1.54) is 18.8 Å². The summed E-state index contributed by atoms with van der Waals surface area (Å²) in [5.74, 6) is 0. The van der Waals surface area contributed by atoms with E-state index >= 15 is 0 Å². The second-order valence-corrected chi connectivity index (χ2v) is 4.67. The number of nitrogens with one attached hydrogen (secondary N) is 1. The first-order valence-corrected chi connectivity index (χ1v) is 6.10. The molecule has 2 heterocycles. The van der Waals surface area contributed by atoms with Crippen LogP contribution in [0.15, 0.2) is 30.6 Å². The fourth-order valence-corrected chi connectivity index (χ4v) is 2.30. The van der Waals surface area contributed by atoms with Crippen molar-refractivity contribution in [3.05, 3.63) is 30.6 Å². The van der Waals surface area contributed by atoms with Crippen molar-refractivity contribution in [2.24, 2.45) is 0 Å². The molecular weight excluding hydrogens is 212 g/mol. The molecule has 0 bridgehead atoms. The SMILES string of the molecule is C[NH+]1CCN(c2ccc3nccnc3c2)CC1. The number of quaternary nitrogens is 1. The zero-order valence-corrected chi connectivity index (χ0v) is 10.1. The van der Waals surface area contributed by atoms with Gasteiger partial charge in [-0.05, 0) is 18.2 Å². The predicted molar refractivity (Wildman–Crippen MR) is 68.4 cm³/mol. The molecule has 0 spiro atoms. The molecule has 2 aromatic rings. The van der Waals surface area contributed by atoms with Crippen molar-refractivity contribution in [3.8, 4) is 0 Å². The van der Waals surface area contributed by atoms with Gasteiger partial charge in [-0.1, -0.05) is 0 Å². The second-order valence-electron chi connectivity index (χ2n) is 4.67. The van der Waals surface area contributed by atoms with Crippen molar-refractivity contribution < 1.29 is 4.90 Å². The molecule has 0 aliphatic carbocycles. The van der Waals surface area contributed by atoms with Crippen LogP contribution in [0.1, 0.15) is 0 Å². The van der Waals surface area contributed by atoms with Crippen LogP contribution in [0, 0.1) is 0 Å². The van der Waals surface area contributed by atoms with E-state index in [1.54, 1.807) is 17.3 Å². The third-order valence-corrected chi connectivity index (χ3v) is 3.44. The maximum Gasteiger partial charge on any atom is 0.0947 e. The Morgan fingerprint density at radius 3 is 2.53 bits per heavy atom. The summed E-state index contributed by atoms with van der Waals surface area (Å²) >= 11 is 0. The van der Waals surface area contributed by atoms with E-state index in [0.29, 0.717) is 0 Å². The number of benzene rings is 1. The second kappa shape index (κ2) is 4.30. The molecule has 1 aliphatic heterocycles. The Labute approximate surface area is 101 Å². The van der Waals surface area contributed by atoms with Gasteiger partial charge in [0, 0.05) is 18.1 Å². The topological polar surface area (TPSA) is 33.5 Å². The van der Waals surface area contributed by atoms with Gasteiger partial charge in [0.1, 0.15) is 0 Å². The Morgan fingerprint density at radius 2 is 1.76 bits per heavy atom. The predicted octanol–water partition coefficient (Wildman–Crippen LogP) is -0.0355. The minimum absolute atomic E-state index is 0.969. The number of rotatable bonds is 1. The largest absolute Gasteiger partial charge is 0.360 e. The molecule has 1 aliphatic rings. The van der Waals surface area contributed by atoms with Crippen LogP contribution >= 0.6 is 0 Å². The van der Waals surface area contributed by atoms with E-state index in [2.05, 4.69) is 40.1 Å². The lowest BCUT2D eigenvalue weighted by molar-refractivity contribution is -0.880. The number of hydrogen-bond donors (Lipinski definition) is 1. The smallest absolute Gasteiger partial charge is 0.0947 e. The molecule has 0 unspecified atom stereocenters. The van der Waals surface area contributed by atoms with E-state index in [-0.39, 0.29) is 0 Å². The lowest BCUT2D eigenvalue weighted by Gasteiger charge is -2.31. The first-order chi connectivity index (χ1) is 8.33. The average molecular weight is 229 g/mol. The van der Waals surface area contributed by atoms with Crippen molar-refractivity contribution in [3.63, 3.8) is 0 Å². The van der Waals surface area contributed by atoms with Crippen LogP contribution in [0.3, 0.4) is 0 Å². The van der Waals surface area contributed by atoms with Gasteiger partial charge in [0.2, 0.25) is 0 Å². The summed E-state index contributed by atoms with van der Waals surface area (Å²) in [6.45, 7) is 4.66. The van der Waals surface area contributed by atoms with E-state index in [1.807, 2.05) is 0 Å². The third kappa shape index (κ3) is 2.08. The lowest BCUT2D eigenvalue weighted by Crippen LogP contribution is -3.12. The highest BCUT2D eigenvalue weighted by Crippen LogP contribution is 2.19. The number of nitrogens with zero attached hydrogens (tertiary/aromatic N) is 3. The van der Waals surface area contributed by atoms with Crippen molar-refractivity contribution >= 4 is 16.7 Å². The Morgan fingerprint density at radius 1 is 1.06 bits per heavy atom. The molecule has 0 atom stereocenters. The van der Waals surface area contributed by atoms with Crippen LogP contribution in [0.4, 0.5) is 5.69 Å². The van der Waals surface area contributed by atoms with Crippen molar-refractivity contribution in [2.45, 2.75) is 0 Å². The van der Waals surface area contributed by atoms with E-state index in [0.717, 1.165) is 24.1 Å². The number of piperazine rings is 1. The van der Waals surface area contributed by atoms with Gasteiger partial charge in [0.25, 0.3) is 0 Å². The molecule has 0 radical (unpaired) electrons. The van der Waals surface area contributed by atoms with Gasteiger partial charge in [-0.15, -0.1) is 0 Å². The minimum atomic E-state index is 0.969. The molecule has 88 valence electrons. The van der Waals surface area contributed by atoms with Crippen LogP contribution in [0.2, 0.25) is 0 Å². The van der Waals surface area contributed by atoms with Gasteiger partial charge in [-0.25, -0.2) is 0 Å². The molecule has 3 rings (SSSR count). The first kappa shape index (κ1) is 10.5. The molecule has 4 heteroatoms. The molecule has 1 aromatic heterocycles. The average Bonchev–Trinajstić information content (AvgIpc) is 2.39. The maximum atomic E-state index is 4.36. The Hall–Kier alpha value is -1.68. The van der Waals surface area contributed by atoms with Gasteiger partial charge in [0.15, 0.2) is 0 Å². The lowest BCUT2D eigenvalue weighted by atomic mass is 10.2. The highest BCUT2D eigenvalue weighted by Gasteiger charge is 2.17. The van der Waals surface area contributed by atoms with E-state index < -0.39 is 0 Å². The molecule has 1 fully saturated rings. The zero-order valence-electron chi connectivity index (χ0n) is 10.1. The van der Waals surface area contributed by atoms with Crippen molar-refractivity contribution in [2.75, 3.05) is 38.1 Å². The molecule has 0 amide bonds. The van der Waals surface area contributed by atoms with Crippen LogP contribution < -0.4 is 9.80 Å². The number of likely N-dealkylation sites (N-methyl/N-ethyl adjacent to an activating group) is 1. The third-order valence-electron chi connectivity index (χ3n) is 3.44. The Balaban J connectivity index is 1.90. The molecule has 1 aromatic carbocycles. The number of aromatic nitrogens is 2. The summed E-state index contributed by atoms with van der Waals surface area (Å²) in [5.41, 5.74) is 3.22. The fraction of sp³-hybridized carbons (Fsp3) is 0.385. The summed E-state index contributed by atoms with van der Waals surface area (Å²) in [6.07, 6.45) is 3.49. The Kier molecular flexibility index (Phi) is 2.65. The summed E-state index contributed by atoms with van der Waals surface area (Å²) in [7, 11) is 2.25. The molecular formula is C13H17N4+. The minimum Gasteiger partial charge on any atom is -0.360 e. The van der Waals surface area contributed by atoms with Gasteiger partial charge < -0.3 is 9.80 Å². The van der Waals surface area contributed by atoms with Crippen LogP contribution in [-0.2, 0) is 0 Å². The van der Waals surface area contributed by atoms with Crippen LogP contribution in [0.5, 0.6) is 0 Å². The molecule has 1 saturated heterocycles. The summed E-state index contributed by atoms with van der Waals surface area (Å²) in [4.78, 5) is 12.7. The van der Waals surface area contributed by atoms with Gasteiger partial charge in [0.05, 0.1) is 44.3 Å². The number of hydrogen-bond acceptors (Lipinski definition) is 3. The van der Waals surface area contributed by atoms with Crippen molar-refractivity contribution in [1.82, 2.24) is 9.97 Å². The Bertz CT molecular complexity index is 518. The van der Waals surface area contributed by atoms with Crippen LogP contribution in [-0.4, -0.2) is 43.2 Å². The highest BCUT2D eigenvalue weighted by atomic mass is 15.2. The van der Waals surface area contributed by atoms with E-state index in [9.17, 15) is 0 Å².